The minimum atomic E-state index is -0.520. The van der Waals surface area contributed by atoms with Gasteiger partial charge in [0.05, 0.1) is 12.4 Å². The Kier molecular flexibility index (Phi) is 5.50. The number of nitrogens with two attached hydrogens (primary N) is 1. The molecule has 7 heteroatoms. The Labute approximate surface area is 146 Å². The van der Waals surface area contributed by atoms with Gasteiger partial charge in [0.1, 0.15) is 0 Å². The van der Waals surface area contributed by atoms with Gasteiger partial charge in [-0.1, -0.05) is 23.7 Å². The smallest absolute Gasteiger partial charge is 0.239 e. The van der Waals surface area contributed by atoms with Crippen LogP contribution in [0.4, 0.5) is 0 Å². The van der Waals surface area contributed by atoms with Crippen molar-refractivity contribution in [3.63, 3.8) is 0 Å². The van der Waals surface area contributed by atoms with E-state index < -0.39 is 6.04 Å². The Hall–Kier alpha value is -1.89. The molecule has 0 spiro atoms. The van der Waals surface area contributed by atoms with Crippen molar-refractivity contribution >= 4 is 17.5 Å². The molecule has 1 fully saturated rings. The van der Waals surface area contributed by atoms with Crippen LogP contribution in [-0.4, -0.2) is 57.9 Å². The van der Waals surface area contributed by atoms with Gasteiger partial charge in [-0.3, -0.25) is 9.69 Å². The van der Waals surface area contributed by atoms with Crippen LogP contribution in [0.3, 0.4) is 0 Å². The molecule has 128 valence electrons. The molecule has 1 saturated heterocycles. The van der Waals surface area contributed by atoms with Crippen LogP contribution >= 0.6 is 11.6 Å². The molecule has 1 aliphatic heterocycles. The predicted octanol–water partition coefficient (Wildman–Crippen LogP) is 1.28. The van der Waals surface area contributed by atoms with Crippen LogP contribution in [0.15, 0.2) is 36.8 Å². The SMILES string of the molecule is N[C@@H](Cc1cnc[nH]1)C(=O)N1CCN(Cc2ccc(Cl)cc2)CC1. The zero-order valence-corrected chi connectivity index (χ0v) is 14.2. The maximum absolute atomic E-state index is 12.5. The minimum Gasteiger partial charge on any atom is -0.348 e. The first-order valence-corrected chi connectivity index (χ1v) is 8.48. The summed E-state index contributed by atoms with van der Waals surface area (Å²) in [5, 5.41) is 0.750. The summed E-state index contributed by atoms with van der Waals surface area (Å²) in [5.74, 6) is 0.00995. The Morgan fingerprint density at radius 2 is 1.96 bits per heavy atom. The van der Waals surface area contributed by atoms with Gasteiger partial charge >= 0.3 is 0 Å². The Balaban J connectivity index is 1.47. The lowest BCUT2D eigenvalue weighted by Gasteiger charge is -2.35. The second-order valence-corrected chi connectivity index (χ2v) is 6.55. The van der Waals surface area contributed by atoms with Crippen LogP contribution in [0.5, 0.6) is 0 Å². The topological polar surface area (TPSA) is 78.2 Å². The molecule has 2 aromatic rings. The van der Waals surface area contributed by atoms with Gasteiger partial charge in [-0.15, -0.1) is 0 Å². The van der Waals surface area contributed by atoms with Gasteiger partial charge in [0.25, 0.3) is 0 Å². The maximum Gasteiger partial charge on any atom is 0.239 e. The number of carbonyl (C=O) groups excluding carboxylic acids is 1. The van der Waals surface area contributed by atoms with Gasteiger partial charge < -0.3 is 15.6 Å². The summed E-state index contributed by atoms with van der Waals surface area (Å²) >= 11 is 5.91. The number of hydrogen-bond donors (Lipinski definition) is 2. The van der Waals surface area contributed by atoms with Gasteiger partial charge in [-0.25, -0.2) is 4.98 Å². The molecule has 24 heavy (non-hydrogen) atoms. The molecule has 3 N–H and O–H groups in total. The van der Waals surface area contributed by atoms with Gasteiger partial charge in [0.2, 0.25) is 5.91 Å². The van der Waals surface area contributed by atoms with Crippen molar-refractivity contribution in [1.29, 1.82) is 0 Å². The first-order chi connectivity index (χ1) is 11.6. The molecule has 0 aliphatic carbocycles. The number of piperazine rings is 1. The number of amides is 1. The van der Waals surface area contributed by atoms with E-state index >= 15 is 0 Å². The van der Waals surface area contributed by atoms with Crippen molar-refractivity contribution in [1.82, 2.24) is 19.8 Å². The number of H-pyrrole nitrogens is 1. The fraction of sp³-hybridized carbons (Fsp3) is 0.412. The number of nitrogens with one attached hydrogen (secondary N) is 1. The molecule has 0 saturated carbocycles. The van der Waals surface area contributed by atoms with Gasteiger partial charge in [0.15, 0.2) is 0 Å². The molecule has 1 amide bonds. The lowest BCUT2D eigenvalue weighted by molar-refractivity contribution is -0.134. The Morgan fingerprint density at radius 1 is 1.25 bits per heavy atom. The fourth-order valence-corrected chi connectivity index (χ4v) is 3.06. The van der Waals surface area contributed by atoms with Crippen molar-refractivity contribution in [3.05, 3.63) is 53.1 Å². The molecule has 0 bridgehead atoms. The number of hydrogen-bond acceptors (Lipinski definition) is 4. The summed E-state index contributed by atoms with van der Waals surface area (Å²) in [6, 6.07) is 7.38. The highest BCUT2D eigenvalue weighted by Gasteiger charge is 2.25. The van der Waals surface area contributed by atoms with Crippen LogP contribution in [-0.2, 0) is 17.8 Å². The fourth-order valence-electron chi connectivity index (χ4n) is 2.93. The molecule has 0 unspecified atom stereocenters. The van der Waals surface area contributed by atoms with Crippen molar-refractivity contribution in [2.24, 2.45) is 5.73 Å². The van der Waals surface area contributed by atoms with Crippen molar-refractivity contribution in [2.45, 2.75) is 19.0 Å². The van der Waals surface area contributed by atoms with E-state index in [1.54, 1.807) is 12.5 Å². The second kappa shape index (κ2) is 7.79. The van der Waals surface area contributed by atoms with E-state index in [4.69, 9.17) is 17.3 Å². The van der Waals surface area contributed by atoms with Gasteiger partial charge in [0, 0.05) is 56.1 Å². The number of imidazole rings is 1. The molecule has 1 atom stereocenters. The number of rotatable bonds is 5. The average Bonchev–Trinajstić information content (AvgIpc) is 3.10. The van der Waals surface area contributed by atoms with E-state index in [1.165, 1.54) is 5.56 Å². The number of nitrogens with zero attached hydrogens (tertiary/aromatic N) is 3. The third kappa shape index (κ3) is 4.35. The molecule has 6 nitrogen and oxygen atoms in total. The third-order valence-electron chi connectivity index (χ3n) is 4.32. The summed E-state index contributed by atoms with van der Waals surface area (Å²) in [4.78, 5) is 23.6. The molecule has 3 rings (SSSR count). The lowest BCUT2D eigenvalue weighted by atomic mass is 10.1. The van der Waals surface area contributed by atoms with Crippen molar-refractivity contribution in [2.75, 3.05) is 26.2 Å². The standard InChI is InChI=1S/C17H22ClN5O/c18-14-3-1-13(2-4-14)11-22-5-7-23(8-6-22)17(24)16(19)9-15-10-20-12-21-15/h1-4,10,12,16H,5-9,11,19H2,(H,20,21)/t16-/m0/s1. The molecule has 1 aromatic heterocycles. The molecule has 1 aromatic carbocycles. The van der Waals surface area contributed by atoms with Gasteiger partial charge in [-0.2, -0.15) is 0 Å². The van der Waals surface area contributed by atoms with E-state index in [2.05, 4.69) is 14.9 Å². The predicted molar refractivity (Wildman–Crippen MR) is 93.6 cm³/mol. The summed E-state index contributed by atoms with van der Waals surface area (Å²) < 4.78 is 0. The Bertz CT molecular complexity index is 650. The van der Waals surface area contributed by atoms with E-state index in [9.17, 15) is 4.79 Å². The van der Waals surface area contributed by atoms with Crippen molar-refractivity contribution in [3.8, 4) is 0 Å². The zero-order valence-electron chi connectivity index (χ0n) is 13.5. The number of benzene rings is 1. The van der Waals surface area contributed by atoms with Crippen LogP contribution in [0, 0.1) is 0 Å². The van der Waals surface area contributed by atoms with Crippen LogP contribution < -0.4 is 5.73 Å². The normalized spacial score (nSPS) is 17.0. The van der Waals surface area contributed by atoms with Crippen LogP contribution in [0.1, 0.15) is 11.3 Å². The number of aromatic nitrogens is 2. The minimum absolute atomic E-state index is 0.00995. The maximum atomic E-state index is 12.5. The monoisotopic (exact) mass is 347 g/mol. The highest BCUT2D eigenvalue weighted by atomic mass is 35.5. The first-order valence-electron chi connectivity index (χ1n) is 8.10. The number of aromatic amines is 1. The molecule has 1 aliphatic rings. The summed E-state index contributed by atoms with van der Waals surface area (Å²) in [6.45, 7) is 4.00. The lowest BCUT2D eigenvalue weighted by Crippen LogP contribution is -2.53. The summed E-state index contributed by atoms with van der Waals surface area (Å²) in [6.07, 6.45) is 3.79. The highest BCUT2D eigenvalue weighted by Crippen LogP contribution is 2.13. The zero-order chi connectivity index (χ0) is 16.9. The van der Waals surface area contributed by atoms with Crippen LogP contribution in [0.25, 0.3) is 0 Å². The number of halogens is 1. The third-order valence-corrected chi connectivity index (χ3v) is 4.57. The summed E-state index contributed by atoms with van der Waals surface area (Å²) in [7, 11) is 0. The van der Waals surface area contributed by atoms with Crippen LogP contribution in [0.2, 0.25) is 5.02 Å². The second-order valence-electron chi connectivity index (χ2n) is 6.12. The highest BCUT2D eigenvalue weighted by molar-refractivity contribution is 6.30. The van der Waals surface area contributed by atoms with E-state index in [0.717, 1.165) is 30.4 Å². The molecule has 2 heterocycles. The molecule has 0 radical (unpaired) electrons. The quantitative estimate of drug-likeness (QED) is 0.854. The number of carbonyl (C=O) groups is 1. The van der Waals surface area contributed by atoms with Gasteiger partial charge in [-0.05, 0) is 17.7 Å². The molecular weight excluding hydrogens is 326 g/mol. The van der Waals surface area contributed by atoms with E-state index in [0.29, 0.717) is 19.5 Å². The summed E-state index contributed by atoms with van der Waals surface area (Å²) in [5.41, 5.74) is 8.16. The molecular formula is C17H22ClN5O. The largest absolute Gasteiger partial charge is 0.348 e. The Morgan fingerprint density at radius 3 is 2.58 bits per heavy atom. The van der Waals surface area contributed by atoms with Crippen molar-refractivity contribution < 1.29 is 4.79 Å². The van der Waals surface area contributed by atoms with E-state index in [1.807, 2.05) is 29.2 Å². The average molecular weight is 348 g/mol. The first kappa shape index (κ1) is 17.0. The van der Waals surface area contributed by atoms with E-state index in [-0.39, 0.29) is 5.91 Å².